The zero-order chi connectivity index (χ0) is 24.9. The first-order valence-corrected chi connectivity index (χ1v) is 11.9. The molecule has 0 saturated carbocycles. The van der Waals surface area contributed by atoms with Crippen molar-refractivity contribution in [3.63, 3.8) is 0 Å². The fourth-order valence-corrected chi connectivity index (χ4v) is 3.81. The molecular formula is C23H29NO9S. The number of fused-ring (bicyclic) bond motifs is 1. The van der Waals surface area contributed by atoms with Gasteiger partial charge in [-0.05, 0) is 66.7 Å². The lowest BCUT2D eigenvalue weighted by atomic mass is 9.98. The van der Waals surface area contributed by atoms with Crippen LogP contribution in [0.25, 0.3) is 10.8 Å². The molecule has 0 N–H and O–H groups in total. The maximum Gasteiger partial charge on any atom is 0.510 e. The van der Waals surface area contributed by atoms with Crippen molar-refractivity contribution in [2.24, 2.45) is 0 Å². The van der Waals surface area contributed by atoms with Gasteiger partial charge in [0, 0.05) is 0 Å². The quantitative estimate of drug-likeness (QED) is 0.120. The summed E-state index contributed by atoms with van der Waals surface area (Å²) in [4.78, 5) is 37.9. The highest BCUT2D eigenvalue weighted by molar-refractivity contribution is 7.99. The van der Waals surface area contributed by atoms with Crippen molar-refractivity contribution < 1.29 is 38.5 Å². The molecule has 0 aliphatic carbocycles. The Labute approximate surface area is 201 Å². The fraction of sp³-hybridized carbons (Fsp3) is 0.478. The van der Waals surface area contributed by atoms with Crippen molar-refractivity contribution in [1.82, 2.24) is 0 Å². The second-order valence-electron chi connectivity index (χ2n) is 7.29. The van der Waals surface area contributed by atoms with E-state index >= 15 is 0 Å². The van der Waals surface area contributed by atoms with Crippen LogP contribution in [0.15, 0.2) is 36.4 Å². The van der Waals surface area contributed by atoms with Gasteiger partial charge in [-0.15, -0.1) is 10.1 Å². The van der Waals surface area contributed by atoms with E-state index in [1.54, 1.807) is 18.9 Å². The van der Waals surface area contributed by atoms with Gasteiger partial charge in [0.05, 0.1) is 26.2 Å². The number of rotatable bonds is 14. The minimum atomic E-state index is -1.33. The van der Waals surface area contributed by atoms with Gasteiger partial charge in [-0.2, -0.15) is 11.8 Å². The molecule has 0 amide bonds. The maximum absolute atomic E-state index is 12.4. The molecule has 0 radical (unpaired) electrons. The number of carbonyl (C=O) groups is 2. The smallest absolute Gasteiger partial charge is 0.497 e. The van der Waals surface area contributed by atoms with Crippen molar-refractivity contribution in [3.8, 4) is 5.75 Å². The Kier molecular flexibility index (Phi) is 11.2. The van der Waals surface area contributed by atoms with E-state index in [9.17, 15) is 19.7 Å². The number of esters is 1. The third-order valence-corrected chi connectivity index (χ3v) is 5.91. The lowest BCUT2D eigenvalue weighted by Gasteiger charge is -2.13. The van der Waals surface area contributed by atoms with Crippen LogP contribution in [0.2, 0.25) is 0 Å². The third kappa shape index (κ3) is 9.34. The molecule has 0 saturated heterocycles. The zero-order valence-corrected chi connectivity index (χ0v) is 20.2. The summed E-state index contributed by atoms with van der Waals surface area (Å²) in [6.07, 6.45) is -1.05. The van der Waals surface area contributed by atoms with Gasteiger partial charge >= 0.3 is 12.1 Å². The monoisotopic (exact) mass is 495 g/mol. The van der Waals surface area contributed by atoms with Crippen LogP contribution in [0.3, 0.4) is 0 Å². The molecule has 0 aliphatic rings. The Hall–Kier alpha value is -3.21. The second kappa shape index (κ2) is 14.1. The number of benzene rings is 2. The standard InChI is InChI=1S/C23H29NO9S/c1-16(18-6-7-20-15-21(29-3)9-8-19(20)14-18)22(25)30-10-4-12-34-13-5-11-31-23(26)32-17(2)33-24(27)28/h6-9,14-17H,4-5,10-13H2,1-3H3/t16-,17?/m0/s1. The van der Waals surface area contributed by atoms with E-state index in [0.29, 0.717) is 19.4 Å². The van der Waals surface area contributed by atoms with E-state index in [1.165, 1.54) is 6.92 Å². The van der Waals surface area contributed by atoms with Gasteiger partial charge in [-0.25, -0.2) is 4.79 Å². The molecule has 0 aliphatic heterocycles. The molecule has 0 heterocycles. The molecule has 0 aromatic heterocycles. The first kappa shape index (κ1) is 27.0. The molecule has 0 bridgehead atoms. The highest BCUT2D eigenvalue weighted by Gasteiger charge is 2.17. The molecule has 0 fully saturated rings. The van der Waals surface area contributed by atoms with Crippen LogP contribution < -0.4 is 4.74 Å². The van der Waals surface area contributed by atoms with Gasteiger partial charge in [-0.3, -0.25) is 9.63 Å². The highest BCUT2D eigenvalue weighted by atomic mass is 32.2. The minimum Gasteiger partial charge on any atom is -0.497 e. The molecule has 186 valence electrons. The first-order valence-electron chi connectivity index (χ1n) is 10.8. The molecule has 10 nitrogen and oxygen atoms in total. The maximum atomic E-state index is 12.4. The van der Waals surface area contributed by atoms with E-state index in [1.807, 2.05) is 43.3 Å². The van der Waals surface area contributed by atoms with Crippen molar-refractivity contribution >= 4 is 34.7 Å². The highest BCUT2D eigenvalue weighted by Crippen LogP contribution is 2.25. The Balaban J connectivity index is 1.57. The minimum absolute atomic E-state index is 0.127. The summed E-state index contributed by atoms with van der Waals surface area (Å²) in [6.45, 7) is 3.50. The number of hydrogen-bond donors (Lipinski definition) is 0. The predicted molar refractivity (Wildman–Crippen MR) is 126 cm³/mol. The normalized spacial score (nSPS) is 12.4. The van der Waals surface area contributed by atoms with Gasteiger partial charge in [-0.1, -0.05) is 24.3 Å². The number of nitrogens with zero attached hydrogens (tertiary/aromatic N) is 1. The molecule has 0 spiro atoms. The van der Waals surface area contributed by atoms with Crippen molar-refractivity contribution in [1.29, 1.82) is 0 Å². The van der Waals surface area contributed by atoms with Gasteiger partial charge in [0.2, 0.25) is 6.29 Å². The Morgan fingerprint density at radius 3 is 2.32 bits per heavy atom. The molecule has 2 atom stereocenters. The van der Waals surface area contributed by atoms with E-state index in [4.69, 9.17) is 14.2 Å². The third-order valence-electron chi connectivity index (χ3n) is 4.75. The van der Waals surface area contributed by atoms with Gasteiger partial charge in [0.1, 0.15) is 5.75 Å². The molecule has 34 heavy (non-hydrogen) atoms. The van der Waals surface area contributed by atoms with Crippen molar-refractivity contribution in [2.75, 3.05) is 31.8 Å². The Morgan fingerprint density at radius 2 is 1.65 bits per heavy atom. The lowest BCUT2D eigenvalue weighted by Crippen LogP contribution is -2.21. The summed E-state index contributed by atoms with van der Waals surface area (Å²) in [6, 6.07) is 11.7. The summed E-state index contributed by atoms with van der Waals surface area (Å²) < 4.78 is 20.0. The summed E-state index contributed by atoms with van der Waals surface area (Å²) in [5.74, 6) is 1.68. The average molecular weight is 496 g/mol. The number of hydrogen-bond acceptors (Lipinski definition) is 10. The van der Waals surface area contributed by atoms with Crippen molar-refractivity contribution in [2.45, 2.75) is 38.9 Å². The number of methoxy groups -OCH3 is 1. The topological polar surface area (TPSA) is 123 Å². The summed E-state index contributed by atoms with van der Waals surface area (Å²) in [7, 11) is 1.63. The van der Waals surface area contributed by atoms with Crippen LogP contribution in [0.5, 0.6) is 5.75 Å². The summed E-state index contributed by atoms with van der Waals surface area (Å²) in [5.41, 5.74) is 0.898. The van der Waals surface area contributed by atoms with E-state index in [-0.39, 0.29) is 18.5 Å². The van der Waals surface area contributed by atoms with Crippen LogP contribution in [0.4, 0.5) is 4.79 Å². The number of thioether (sulfide) groups is 1. The summed E-state index contributed by atoms with van der Waals surface area (Å²) in [5, 5.41) is 11.1. The molecule has 1 unspecified atom stereocenters. The molecule has 2 rings (SSSR count). The van der Waals surface area contributed by atoms with Crippen LogP contribution >= 0.6 is 11.8 Å². The summed E-state index contributed by atoms with van der Waals surface area (Å²) >= 11 is 1.64. The van der Waals surface area contributed by atoms with E-state index in [0.717, 1.165) is 33.6 Å². The van der Waals surface area contributed by atoms with Gasteiger partial charge in [0.15, 0.2) is 0 Å². The van der Waals surface area contributed by atoms with E-state index in [2.05, 4.69) is 9.57 Å². The average Bonchev–Trinajstić information content (AvgIpc) is 2.80. The molecular weight excluding hydrogens is 466 g/mol. The SMILES string of the molecule is COc1ccc2cc([C@H](C)C(=O)OCCCSCCCOC(=O)OC(C)O[N+](=O)[O-])ccc2c1. The van der Waals surface area contributed by atoms with Crippen LogP contribution in [-0.2, 0) is 23.8 Å². The van der Waals surface area contributed by atoms with Crippen molar-refractivity contribution in [3.05, 3.63) is 52.1 Å². The fourth-order valence-electron chi connectivity index (χ4n) is 2.96. The molecule has 11 heteroatoms. The number of ether oxygens (including phenoxy) is 4. The number of carbonyl (C=O) groups excluding carboxylic acids is 2. The molecule has 2 aromatic rings. The predicted octanol–water partition coefficient (Wildman–Crippen LogP) is 4.72. The lowest BCUT2D eigenvalue weighted by molar-refractivity contribution is -0.777. The first-order chi connectivity index (χ1) is 16.3. The second-order valence-corrected chi connectivity index (χ2v) is 8.52. The zero-order valence-electron chi connectivity index (χ0n) is 19.4. The Morgan fingerprint density at radius 1 is 1.00 bits per heavy atom. The largest absolute Gasteiger partial charge is 0.510 e. The Bertz CT molecular complexity index is 969. The molecule has 2 aromatic carbocycles. The van der Waals surface area contributed by atoms with Gasteiger partial charge < -0.3 is 18.9 Å². The van der Waals surface area contributed by atoms with Crippen LogP contribution in [-0.4, -0.2) is 55.3 Å². The van der Waals surface area contributed by atoms with Crippen LogP contribution in [0.1, 0.15) is 38.2 Å². The van der Waals surface area contributed by atoms with Crippen LogP contribution in [0, 0.1) is 10.1 Å². The van der Waals surface area contributed by atoms with E-state index < -0.39 is 17.5 Å². The van der Waals surface area contributed by atoms with Gasteiger partial charge in [0.25, 0.3) is 5.09 Å².